The highest BCUT2D eigenvalue weighted by molar-refractivity contribution is 5.86. The summed E-state index contributed by atoms with van der Waals surface area (Å²) >= 11 is 0. The minimum absolute atomic E-state index is 0.271. The van der Waals surface area contributed by atoms with Crippen molar-refractivity contribution in [3.05, 3.63) is 47.9 Å². The lowest BCUT2D eigenvalue weighted by Gasteiger charge is -2.19. The second kappa shape index (κ2) is 5.08. The lowest BCUT2D eigenvalue weighted by atomic mass is 10.2. The van der Waals surface area contributed by atoms with Crippen molar-refractivity contribution >= 4 is 16.9 Å². The quantitative estimate of drug-likeness (QED) is 0.742. The van der Waals surface area contributed by atoms with Gasteiger partial charge in [-0.3, -0.25) is 4.68 Å². The normalized spacial score (nSPS) is 11.0. The summed E-state index contributed by atoms with van der Waals surface area (Å²) in [4.78, 5) is 10.2. The van der Waals surface area contributed by atoms with Crippen molar-refractivity contribution in [3.63, 3.8) is 0 Å². The smallest absolute Gasteiger partial charge is 0.163 e. The van der Waals surface area contributed by atoms with Gasteiger partial charge in [-0.15, -0.1) is 0 Å². The first kappa shape index (κ1) is 13.4. The number of aromatic nitrogens is 4. The highest BCUT2D eigenvalue weighted by atomic mass is 19.1. The molecule has 0 aliphatic heterocycles. The van der Waals surface area contributed by atoms with E-state index >= 15 is 0 Å². The Morgan fingerprint density at radius 2 is 2.05 bits per heavy atom. The van der Waals surface area contributed by atoms with Crippen LogP contribution in [0.4, 0.5) is 14.6 Å². The van der Waals surface area contributed by atoms with Crippen molar-refractivity contribution < 1.29 is 8.78 Å². The fraction of sp³-hybridized carbons (Fsp3) is 0.214. The maximum Gasteiger partial charge on any atom is 0.163 e. The van der Waals surface area contributed by atoms with E-state index in [9.17, 15) is 8.78 Å². The number of halogens is 2. The topological polar surface area (TPSA) is 46.8 Å². The summed E-state index contributed by atoms with van der Waals surface area (Å²) in [5.41, 5.74) is 1.10. The Kier molecular flexibility index (Phi) is 3.25. The average molecular weight is 289 g/mol. The number of anilines is 1. The highest BCUT2D eigenvalue weighted by Crippen LogP contribution is 2.23. The van der Waals surface area contributed by atoms with E-state index in [1.165, 1.54) is 18.5 Å². The first-order valence-corrected chi connectivity index (χ1v) is 6.34. The molecule has 3 aromatic rings. The average Bonchev–Trinajstić information content (AvgIpc) is 2.84. The van der Waals surface area contributed by atoms with E-state index < -0.39 is 11.6 Å². The number of aryl methyl sites for hydroxylation is 1. The van der Waals surface area contributed by atoms with Gasteiger partial charge in [-0.25, -0.2) is 18.7 Å². The Labute approximate surface area is 119 Å². The number of nitrogens with zero attached hydrogens (tertiary/aromatic N) is 5. The predicted octanol–water partition coefficient (Wildman–Crippen LogP) is 2.28. The number of rotatable bonds is 3. The Hall–Kier alpha value is -2.57. The molecule has 2 aromatic heterocycles. The molecule has 5 nitrogen and oxygen atoms in total. The first-order valence-electron chi connectivity index (χ1n) is 6.34. The van der Waals surface area contributed by atoms with Crippen molar-refractivity contribution in [1.82, 2.24) is 19.7 Å². The van der Waals surface area contributed by atoms with Crippen LogP contribution in [-0.2, 0) is 13.6 Å². The zero-order valence-electron chi connectivity index (χ0n) is 11.6. The number of fused-ring (bicyclic) bond motifs is 1. The molecule has 108 valence electrons. The maximum absolute atomic E-state index is 13.7. The second-order valence-corrected chi connectivity index (χ2v) is 4.79. The Balaban J connectivity index is 1.95. The molecular weight excluding hydrogens is 276 g/mol. The molecule has 0 atom stereocenters. The van der Waals surface area contributed by atoms with Crippen LogP contribution in [0.15, 0.2) is 30.7 Å². The van der Waals surface area contributed by atoms with Gasteiger partial charge in [-0.2, -0.15) is 5.10 Å². The van der Waals surface area contributed by atoms with Crippen LogP contribution in [0.2, 0.25) is 0 Å². The van der Waals surface area contributed by atoms with Crippen LogP contribution in [0.3, 0.4) is 0 Å². The Morgan fingerprint density at radius 1 is 1.24 bits per heavy atom. The molecule has 2 heterocycles. The summed E-state index contributed by atoms with van der Waals surface area (Å²) in [6.07, 6.45) is 3.11. The van der Waals surface area contributed by atoms with Gasteiger partial charge >= 0.3 is 0 Å². The fourth-order valence-electron chi connectivity index (χ4n) is 2.23. The van der Waals surface area contributed by atoms with Gasteiger partial charge in [-0.1, -0.05) is 6.07 Å². The van der Waals surface area contributed by atoms with Crippen LogP contribution < -0.4 is 4.90 Å². The monoisotopic (exact) mass is 289 g/mol. The van der Waals surface area contributed by atoms with E-state index in [1.54, 1.807) is 29.9 Å². The zero-order valence-corrected chi connectivity index (χ0v) is 11.6. The minimum Gasteiger partial charge on any atom is -0.355 e. The van der Waals surface area contributed by atoms with Crippen LogP contribution >= 0.6 is 0 Å². The molecule has 0 aliphatic carbocycles. The van der Waals surface area contributed by atoms with Gasteiger partial charge in [0.2, 0.25) is 0 Å². The van der Waals surface area contributed by atoms with Crippen LogP contribution in [-0.4, -0.2) is 26.8 Å². The van der Waals surface area contributed by atoms with E-state index in [2.05, 4.69) is 15.1 Å². The van der Waals surface area contributed by atoms with E-state index in [0.717, 1.165) is 11.5 Å². The second-order valence-electron chi connectivity index (χ2n) is 4.79. The van der Waals surface area contributed by atoms with E-state index in [4.69, 9.17) is 0 Å². The molecule has 0 aliphatic rings. The van der Waals surface area contributed by atoms with E-state index in [0.29, 0.717) is 17.0 Å². The van der Waals surface area contributed by atoms with Gasteiger partial charge in [0.05, 0.1) is 11.6 Å². The van der Waals surface area contributed by atoms with Gasteiger partial charge in [0.1, 0.15) is 23.8 Å². The number of hydrogen-bond acceptors (Lipinski definition) is 4. The maximum atomic E-state index is 13.7. The molecule has 21 heavy (non-hydrogen) atoms. The van der Waals surface area contributed by atoms with Gasteiger partial charge in [0.25, 0.3) is 0 Å². The third-order valence-electron chi connectivity index (χ3n) is 3.29. The first-order chi connectivity index (χ1) is 10.1. The lowest BCUT2D eigenvalue weighted by molar-refractivity contribution is 0.571. The van der Waals surface area contributed by atoms with E-state index in [-0.39, 0.29) is 6.54 Å². The van der Waals surface area contributed by atoms with Crippen molar-refractivity contribution in [2.75, 3.05) is 11.9 Å². The minimum atomic E-state index is -0.587. The summed E-state index contributed by atoms with van der Waals surface area (Å²) in [5, 5.41) is 4.92. The third kappa shape index (κ3) is 2.42. The molecule has 3 rings (SSSR count). The largest absolute Gasteiger partial charge is 0.355 e. The lowest BCUT2D eigenvalue weighted by Crippen LogP contribution is -2.19. The van der Waals surface area contributed by atoms with Crippen molar-refractivity contribution in [3.8, 4) is 0 Å². The third-order valence-corrected chi connectivity index (χ3v) is 3.29. The zero-order chi connectivity index (χ0) is 15.0. The summed E-state index contributed by atoms with van der Waals surface area (Å²) in [6, 6.07) is 3.55. The van der Waals surface area contributed by atoms with E-state index in [1.807, 2.05) is 0 Å². The molecule has 0 radical (unpaired) electrons. The van der Waals surface area contributed by atoms with Gasteiger partial charge < -0.3 is 4.90 Å². The molecule has 0 spiro atoms. The molecule has 7 heteroatoms. The fourth-order valence-corrected chi connectivity index (χ4v) is 2.23. The van der Waals surface area contributed by atoms with Gasteiger partial charge in [0.15, 0.2) is 5.65 Å². The molecule has 0 amide bonds. The van der Waals surface area contributed by atoms with Crippen molar-refractivity contribution in [2.45, 2.75) is 6.54 Å². The van der Waals surface area contributed by atoms with Gasteiger partial charge in [-0.05, 0) is 6.07 Å². The predicted molar refractivity (Wildman–Crippen MR) is 74.8 cm³/mol. The molecule has 0 bridgehead atoms. The van der Waals surface area contributed by atoms with Crippen LogP contribution in [0, 0.1) is 11.6 Å². The van der Waals surface area contributed by atoms with Gasteiger partial charge in [0, 0.05) is 32.3 Å². The number of benzene rings is 1. The summed E-state index contributed by atoms with van der Waals surface area (Å²) in [7, 11) is 3.58. The number of hydrogen-bond donors (Lipinski definition) is 0. The summed E-state index contributed by atoms with van der Waals surface area (Å²) < 4.78 is 28.3. The highest BCUT2D eigenvalue weighted by Gasteiger charge is 2.13. The Bertz CT molecular complexity index is 799. The van der Waals surface area contributed by atoms with Crippen LogP contribution in [0.1, 0.15) is 5.56 Å². The Morgan fingerprint density at radius 3 is 2.81 bits per heavy atom. The molecule has 0 N–H and O–H groups in total. The molecule has 0 saturated heterocycles. The molecule has 0 fully saturated rings. The van der Waals surface area contributed by atoms with Crippen molar-refractivity contribution in [2.24, 2.45) is 7.05 Å². The summed E-state index contributed by atoms with van der Waals surface area (Å²) in [6.45, 7) is 0.271. The van der Waals surface area contributed by atoms with Crippen molar-refractivity contribution in [1.29, 1.82) is 0 Å². The molecular formula is C14H13F2N5. The molecule has 1 aromatic carbocycles. The summed E-state index contributed by atoms with van der Waals surface area (Å²) in [5.74, 6) is -0.509. The molecule has 0 saturated carbocycles. The van der Waals surface area contributed by atoms with Crippen LogP contribution in [0.25, 0.3) is 11.0 Å². The van der Waals surface area contributed by atoms with Crippen LogP contribution in [0.5, 0.6) is 0 Å². The standard InChI is InChI=1S/C14H13F2N5/c1-20(7-9-3-4-10(15)5-12(9)16)13-11-6-19-21(2)14(11)18-8-17-13/h3-6,8H,7H2,1-2H3. The molecule has 0 unspecified atom stereocenters. The SMILES string of the molecule is CN(Cc1ccc(F)cc1F)c1ncnc2c1cnn2C.